The van der Waals surface area contributed by atoms with Crippen molar-refractivity contribution in [1.82, 2.24) is 0 Å². The molecule has 1 aromatic heterocycles. The third kappa shape index (κ3) is 2.00. The summed E-state index contributed by atoms with van der Waals surface area (Å²) < 4.78 is 6.37. The molecule has 5 aromatic carbocycles. The van der Waals surface area contributed by atoms with E-state index in [1.807, 2.05) is 6.07 Å². The van der Waals surface area contributed by atoms with Crippen LogP contribution < -0.4 is 5.32 Å². The standard InChI is InChI=1S/C31H19NO/c1-3-11-23-19(9-1)21-17-22-20-10-2-8-16-29(20)33-30(22)18-26(21)31(23)24-12-4-6-14-27(24)32-28-15-7-5-13-25(28)31/h1-18,32H. The molecular formula is C31H19NO. The zero-order valence-corrected chi connectivity index (χ0v) is 17.8. The lowest BCUT2D eigenvalue weighted by Crippen LogP contribution is -2.33. The van der Waals surface area contributed by atoms with Crippen molar-refractivity contribution in [2.45, 2.75) is 5.41 Å². The van der Waals surface area contributed by atoms with Crippen LogP contribution in [0, 0.1) is 0 Å². The third-order valence-corrected chi connectivity index (χ3v) is 7.47. The second kappa shape index (κ2) is 5.93. The van der Waals surface area contributed by atoms with Crippen LogP contribution >= 0.6 is 0 Å². The molecule has 0 radical (unpaired) electrons. The molecule has 0 bridgehead atoms. The minimum atomic E-state index is -0.391. The van der Waals surface area contributed by atoms with E-state index in [0.717, 1.165) is 22.5 Å². The van der Waals surface area contributed by atoms with Gasteiger partial charge in [-0.25, -0.2) is 0 Å². The Labute approximate surface area is 191 Å². The van der Waals surface area contributed by atoms with Gasteiger partial charge >= 0.3 is 0 Å². The summed E-state index contributed by atoms with van der Waals surface area (Å²) in [7, 11) is 0. The van der Waals surface area contributed by atoms with E-state index in [1.54, 1.807) is 0 Å². The number of nitrogens with one attached hydrogen (secondary N) is 1. The van der Waals surface area contributed by atoms with Gasteiger partial charge in [0.05, 0.1) is 5.41 Å². The average Bonchev–Trinajstić information content (AvgIpc) is 3.37. The summed E-state index contributed by atoms with van der Waals surface area (Å²) in [5, 5.41) is 6.03. The molecule has 33 heavy (non-hydrogen) atoms. The molecule has 1 N–H and O–H groups in total. The molecule has 0 unspecified atom stereocenters. The summed E-state index contributed by atoms with van der Waals surface area (Å²) >= 11 is 0. The normalized spacial score (nSPS) is 14.5. The minimum Gasteiger partial charge on any atom is -0.456 e. The first-order chi connectivity index (χ1) is 16.4. The maximum Gasteiger partial charge on any atom is 0.135 e. The fourth-order valence-electron chi connectivity index (χ4n) is 6.20. The SMILES string of the molecule is c1ccc2c(c1)Nc1ccccc1C21c2ccccc2-c2cc3c(cc21)oc1ccccc13. The zero-order chi connectivity index (χ0) is 21.6. The number of furan rings is 1. The fraction of sp³-hybridized carbons (Fsp3) is 0.0323. The monoisotopic (exact) mass is 421 g/mol. The van der Waals surface area contributed by atoms with E-state index in [0.29, 0.717) is 0 Å². The fourth-order valence-corrected chi connectivity index (χ4v) is 6.20. The first-order valence-corrected chi connectivity index (χ1v) is 11.4. The Balaban J connectivity index is 1.60. The maximum atomic E-state index is 6.37. The van der Waals surface area contributed by atoms with Gasteiger partial charge in [-0.15, -0.1) is 0 Å². The van der Waals surface area contributed by atoms with Crippen LogP contribution in [0.3, 0.4) is 0 Å². The van der Waals surface area contributed by atoms with Gasteiger partial charge in [0.1, 0.15) is 11.2 Å². The molecule has 0 atom stereocenters. The summed E-state index contributed by atoms with van der Waals surface area (Å²) in [4.78, 5) is 0. The highest BCUT2D eigenvalue weighted by Crippen LogP contribution is 2.61. The molecule has 2 nitrogen and oxygen atoms in total. The van der Waals surface area contributed by atoms with E-state index in [4.69, 9.17) is 4.42 Å². The highest BCUT2D eigenvalue weighted by atomic mass is 16.3. The van der Waals surface area contributed by atoms with Crippen LogP contribution in [0.4, 0.5) is 11.4 Å². The molecule has 6 aromatic rings. The summed E-state index contributed by atoms with van der Waals surface area (Å²) in [6.45, 7) is 0. The Morgan fingerprint density at radius 3 is 1.91 bits per heavy atom. The van der Waals surface area contributed by atoms with Crippen molar-refractivity contribution < 1.29 is 4.42 Å². The van der Waals surface area contributed by atoms with E-state index in [-0.39, 0.29) is 0 Å². The van der Waals surface area contributed by atoms with Crippen molar-refractivity contribution in [3.8, 4) is 11.1 Å². The van der Waals surface area contributed by atoms with E-state index in [1.165, 1.54) is 44.2 Å². The highest BCUT2D eigenvalue weighted by Gasteiger charge is 2.50. The van der Waals surface area contributed by atoms with Gasteiger partial charge in [-0.05, 0) is 63.7 Å². The molecule has 154 valence electrons. The number of fused-ring (bicyclic) bond motifs is 12. The lowest BCUT2D eigenvalue weighted by molar-refractivity contribution is 0.666. The van der Waals surface area contributed by atoms with Crippen LogP contribution in [0.25, 0.3) is 33.1 Å². The molecule has 2 heteroatoms. The number of para-hydroxylation sites is 3. The van der Waals surface area contributed by atoms with Crippen LogP contribution in [-0.2, 0) is 5.41 Å². The van der Waals surface area contributed by atoms with Crippen molar-refractivity contribution >= 4 is 33.3 Å². The van der Waals surface area contributed by atoms with E-state index < -0.39 is 5.41 Å². The van der Waals surface area contributed by atoms with Gasteiger partial charge in [-0.3, -0.25) is 0 Å². The number of hydrogen-bond acceptors (Lipinski definition) is 2. The second-order valence-corrected chi connectivity index (χ2v) is 9.00. The average molecular weight is 421 g/mol. The molecule has 0 saturated carbocycles. The van der Waals surface area contributed by atoms with E-state index >= 15 is 0 Å². The largest absolute Gasteiger partial charge is 0.456 e. The smallest absolute Gasteiger partial charge is 0.135 e. The van der Waals surface area contributed by atoms with Crippen molar-refractivity contribution in [3.05, 3.63) is 131 Å². The van der Waals surface area contributed by atoms with E-state index in [9.17, 15) is 0 Å². The summed E-state index contributed by atoms with van der Waals surface area (Å²) in [5.41, 5.74) is 11.6. The molecular weight excluding hydrogens is 402 g/mol. The highest BCUT2D eigenvalue weighted by molar-refractivity contribution is 6.08. The molecule has 1 spiro atoms. The number of rotatable bonds is 0. The molecule has 0 fully saturated rings. The van der Waals surface area contributed by atoms with E-state index in [2.05, 4.69) is 108 Å². The lowest BCUT2D eigenvalue weighted by atomic mass is 9.65. The van der Waals surface area contributed by atoms with Crippen LogP contribution in [0.2, 0.25) is 0 Å². The van der Waals surface area contributed by atoms with Gasteiger partial charge in [-0.1, -0.05) is 78.9 Å². The maximum absolute atomic E-state index is 6.37. The van der Waals surface area contributed by atoms with Gasteiger partial charge < -0.3 is 9.73 Å². The summed E-state index contributed by atoms with van der Waals surface area (Å²) in [6, 6.07) is 39.3. The first-order valence-electron chi connectivity index (χ1n) is 11.4. The lowest BCUT2D eigenvalue weighted by Gasteiger charge is -2.40. The molecule has 0 saturated heterocycles. The van der Waals surface area contributed by atoms with Gasteiger partial charge in [0.15, 0.2) is 0 Å². The molecule has 2 heterocycles. The van der Waals surface area contributed by atoms with Crippen molar-refractivity contribution in [3.63, 3.8) is 0 Å². The van der Waals surface area contributed by atoms with Crippen LogP contribution in [-0.4, -0.2) is 0 Å². The summed E-state index contributed by atoms with van der Waals surface area (Å²) in [5.74, 6) is 0. The molecule has 1 aliphatic heterocycles. The molecule has 2 aliphatic rings. The zero-order valence-electron chi connectivity index (χ0n) is 17.8. The Kier molecular flexibility index (Phi) is 3.11. The van der Waals surface area contributed by atoms with Crippen molar-refractivity contribution in [2.75, 3.05) is 5.32 Å². The Morgan fingerprint density at radius 1 is 0.485 bits per heavy atom. The van der Waals surface area contributed by atoms with Gasteiger partial charge in [-0.2, -0.15) is 0 Å². The molecule has 8 rings (SSSR count). The quantitative estimate of drug-likeness (QED) is 0.268. The van der Waals surface area contributed by atoms with Gasteiger partial charge in [0.25, 0.3) is 0 Å². The summed E-state index contributed by atoms with van der Waals surface area (Å²) in [6.07, 6.45) is 0. The number of benzene rings is 5. The Morgan fingerprint density at radius 2 is 1.12 bits per heavy atom. The predicted octanol–water partition coefficient (Wildman–Crippen LogP) is 8.01. The molecule has 1 aliphatic carbocycles. The van der Waals surface area contributed by atoms with Crippen LogP contribution in [0.1, 0.15) is 22.3 Å². The van der Waals surface area contributed by atoms with Crippen molar-refractivity contribution in [1.29, 1.82) is 0 Å². The minimum absolute atomic E-state index is 0.391. The second-order valence-electron chi connectivity index (χ2n) is 9.00. The van der Waals surface area contributed by atoms with Crippen LogP contribution in [0.15, 0.2) is 114 Å². The van der Waals surface area contributed by atoms with Crippen molar-refractivity contribution in [2.24, 2.45) is 0 Å². The van der Waals surface area contributed by atoms with Crippen LogP contribution in [0.5, 0.6) is 0 Å². The number of hydrogen-bond donors (Lipinski definition) is 1. The Hall–Kier alpha value is -4.30. The first kappa shape index (κ1) is 17.3. The van der Waals surface area contributed by atoms with Gasteiger partial charge in [0, 0.05) is 22.1 Å². The Bertz CT molecular complexity index is 1710. The van der Waals surface area contributed by atoms with Gasteiger partial charge in [0.2, 0.25) is 0 Å². The third-order valence-electron chi connectivity index (χ3n) is 7.47. The topological polar surface area (TPSA) is 25.2 Å². The molecule has 0 amide bonds. The number of anilines is 2. The predicted molar refractivity (Wildman–Crippen MR) is 134 cm³/mol.